The van der Waals surface area contributed by atoms with E-state index in [1.54, 1.807) is 21.3 Å². The smallest absolute Gasteiger partial charge is 0.203 e. The molecule has 0 aromatic heterocycles. The molecule has 6 nitrogen and oxygen atoms in total. The topological polar surface area (TPSA) is 49.4 Å². The number of benzene rings is 2. The number of fused-ring (bicyclic) bond motifs is 1. The number of rotatable bonds is 5. The maximum atomic E-state index is 6.59. The highest BCUT2D eigenvalue weighted by atomic mass is 16.5. The molecular weight excluding hydrogens is 370 g/mol. The number of hydrogen-bond donors (Lipinski definition) is 0. The van der Waals surface area contributed by atoms with Gasteiger partial charge in [-0.05, 0) is 23.8 Å². The molecule has 2 aliphatic rings. The van der Waals surface area contributed by atoms with Crippen LogP contribution >= 0.6 is 0 Å². The van der Waals surface area contributed by atoms with E-state index in [0.29, 0.717) is 17.2 Å². The molecule has 0 bridgehead atoms. The highest BCUT2D eigenvalue weighted by Gasteiger charge is 2.39. The van der Waals surface area contributed by atoms with Crippen LogP contribution in [0.25, 0.3) is 0 Å². The van der Waals surface area contributed by atoms with Gasteiger partial charge in [0.15, 0.2) is 11.5 Å². The molecular formula is C23H29NO5. The van der Waals surface area contributed by atoms with Crippen molar-refractivity contribution in [1.82, 2.24) is 4.90 Å². The Morgan fingerprint density at radius 1 is 0.966 bits per heavy atom. The Morgan fingerprint density at radius 3 is 2.31 bits per heavy atom. The fraction of sp³-hybridized carbons (Fsp3) is 0.478. The van der Waals surface area contributed by atoms with E-state index < -0.39 is 0 Å². The lowest BCUT2D eigenvalue weighted by molar-refractivity contribution is -0.0594. The second-order valence-corrected chi connectivity index (χ2v) is 7.68. The van der Waals surface area contributed by atoms with Gasteiger partial charge in [-0.2, -0.15) is 0 Å². The molecule has 2 heterocycles. The summed E-state index contributed by atoms with van der Waals surface area (Å²) in [5, 5.41) is 0. The van der Waals surface area contributed by atoms with Crippen molar-refractivity contribution < 1.29 is 23.7 Å². The zero-order valence-corrected chi connectivity index (χ0v) is 17.4. The minimum absolute atomic E-state index is 0.217. The minimum atomic E-state index is -0.217. The lowest BCUT2D eigenvalue weighted by Gasteiger charge is -2.39. The van der Waals surface area contributed by atoms with Crippen LogP contribution < -0.4 is 18.9 Å². The molecule has 4 rings (SSSR count). The summed E-state index contributed by atoms with van der Waals surface area (Å²) in [7, 11) is 4.92. The highest BCUT2D eigenvalue weighted by molar-refractivity contribution is 5.53. The molecule has 1 saturated heterocycles. The normalized spacial score (nSPS) is 18.4. The summed E-state index contributed by atoms with van der Waals surface area (Å²) in [6.07, 6.45) is 1.79. The molecule has 29 heavy (non-hydrogen) atoms. The van der Waals surface area contributed by atoms with Gasteiger partial charge in [0.1, 0.15) is 11.4 Å². The first-order chi connectivity index (χ1) is 14.2. The average Bonchev–Trinajstić information content (AvgIpc) is 2.89. The lowest BCUT2D eigenvalue weighted by Crippen LogP contribution is -2.49. The molecule has 1 fully saturated rings. The Balaban J connectivity index is 1.65. The summed E-state index contributed by atoms with van der Waals surface area (Å²) in [5.41, 5.74) is 2.11. The van der Waals surface area contributed by atoms with E-state index in [1.807, 2.05) is 18.2 Å². The number of hydrogen-bond acceptors (Lipinski definition) is 6. The summed E-state index contributed by atoms with van der Waals surface area (Å²) in [4.78, 5) is 2.44. The van der Waals surface area contributed by atoms with Crippen molar-refractivity contribution in [2.24, 2.45) is 0 Å². The third-order valence-electron chi connectivity index (χ3n) is 5.74. The lowest BCUT2D eigenvalue weighted by atomic mass is 9.93. The third-order valence-corrected chi connectivity index (χ3v) is 5.74. The van der Waals surface area contributed by atoms with E-state index >= 15 is 0 Å². The van der Waals surface area contributed by atoms with Gasteiger partial charge in [-0.25, -0.2) is 0 Å². The van der Waals surface area contributed by atoms with Gasteiger partial charge >= 0.3 is 0 Å². The fourth-order valence-corrected chi connectivity index (χ4v) is 4.30. The second-order valence-electron chi connectivity index (χ2n) is 7.68. The van der Waals surface area contributed by atoms with E-state index in [9.17, 15) is 0 Å². The molecule has 156 valence electrons. The van der Waals surface area contributed by atoms with Gasteiger partial charge in [-0.1, -0.05) is 18.2 Å². The Kier molecular flexibility index (Phi) is 5.83. The summed E-state index contributed by atoms with van der Waals surface area (Å²) in [6, 6.07) is 12.4. The predicted molar refractivity (Wildman–Crippen MR) is 110 cm³/mol. The molecule has 6 heteroatoms. The van der Waals surface area contributed by atoms with Gasteiger partial charge in [0.25, 0.3) is 0 Å². The zero-order chi connectivity index (χ0) is 20.3. The van der Waals surface area contributed by atoms with Crippen LogP contribution in [0.15, 0.2) is 36.4 Å². The molecule has 0 atom stereocenters. The number of para-hydroxylation sites is 1. The molecule has 0 N–H and O–H groups in total. The first-order valence-corrected chi connectivity index (χ1v) is 10.0. The first-order valence-electron chi connectivity index (χ1n) is 10.0. The Morgan fingerprint density at radius 2 is 1.66 bits per heavy atom. The van der Waals surface area contributed by atoms with E-state index in [2.05, 4.69) is 23.1 Å². The van der Waals surface area contributed by atoms with Gasteiger partial charge in [-0.3, -0.25) is 4.90 Å². The van der Waals surface area contributed by atoms with Gasteiger partial charge < -0.3 is 23.7 Å². The van der Waals surface area contributed by atoms with E-state index in [0.717, 1.165) is 57.0 Å². The van der Waals surface area contributed by atoms with Crippen molar-refractivity contribution in [3.8, 4) is 23.0 Å². The van der Waals surface area contributed by atoms with Crippen LogP contribution in [-0.4, -0.2) is 51.6 Å². The largest absolute Gasteiger partial charge is 0.493 e. The minimum Gasteiger partial charge on any atom is -0.493 e. The van der Waals surface area contributed by atoms with Crippen molar-refractivity contribution in [2.45, 2.75) is 31.5 Å². The van der Waals surface area contributed by atoms with E-state index in [1.165, 1.54) is 5.56 Å². The second kappa shape index (κ2) is 8.51. The maximum absolute atomic E-state index is 6.59. The number of ether oxygens (including phenoxy) is 5. The van der Waals surface area contributed by atoms with Gasteiger partial charge in [-0.15, -0.1) is 0 Å². The SMILES string of the molecule is COc1cc(CN2Cc3ccccc3OC3(CCOCC3)C2)cc(OC)c1OC. The van der Waals surface area contributed by atoms with Crippen LogP contribution in [0.1, 0.15) is 24.0 Å². The van der Waals surface area contributed by atoms with Gasteiger partial charge in [0.05, 0.1) is 34.5 Å². The van der Waals surface area contributed by atoms with Crippen LogP contribution in [0, 0.1) is 0 Å². The summed E-state index contributed by atoms with van der Waals surface area (Å²) in [6.45, 7) is 3.91. The Labute approximate surface area is 172 Å². The van der Waals surface area contributed by atoms with Crippen LogP contribution in [0.3, 0.4) is 0 Å². The number of methoxy groups -OCH3 is 3. The third kappa shape index (κ3) is 4.14. The molecule has 2 aliphatic heterocycles. The molecule has 0 aliphatic carbocycles. The summed E-state index contributed by atoms with van der Waals surface area (Å²) in [5.74, 6) is 2.95. The highest BCUT2D eigenvalue weighted by Crippen LogP contribution is 2.40. The molecule has 0 unspecified atom stereocenters. The summed E-state index contributed by atoms with van der Waals surface area (Å²) >= 11 is 0. The van der Waals surface area contributed by atoms with Gasteiger partial charge in [0, 0.05) is 38.0 Å². The van der Waals surface area contributed by atoms with Crippen molar-refractivity contribution in [3.05, 3.63) is 47.5 Å². The Hall–Kier alpha value is -2.44. The monoisotopic (exact) mass is 399 g/mol. The zero-order valence-electron chi connectivity index (χ0n) is 17.4. The quantitative estimate of drug-likeness (QED) is 0.765. The standard InChI is InChI=1S/C23H29NO5/c1-25-20-12-17(13-21(26-2)22(20)27-3)14-24-15-18-6-4-5-7-19(18)29-23(16-24)8-10-28-11-9-23/h4-7,12-13H,8-11,14-16H2,1-3H3. The van der Waals surface area contributed by atoms with Crippen LogP contribution in [-0.2, 0) is 17.8 Å². The van der Waals surface area contributed by atoms with Crippen LogP contribution in [0.5, 0.6) is 23.0 Å². The summed E-state index contributed by atoms with van der Waals surface area (Å²) < 4.78 is 28.7. The molecule has 1 spiro atoms. The maximum Gasteiger partial charge on any atom is 0.203 e. The molecule has 0 radical (unpaired) electrons. The molecule has 2 aromatic carbocycles. The van der Waals surface area contributed by atoms with E-state index in [4.69, 9.17) is 23.7 Å². The van der Waals surface area contributed by atoms with Crippen molar-refractivity contribution >= 4 is 0 Å². The fourth-order valence-electron chi connectivity index (χ4n) is 4.30. The predicted octanol–water partition coefficient (Wildman–Crippen LogP) is 3.66. The first kappa shape index (κ1) is 19.9. The number of nitrogens with zero attached hydrogens (tertiary/aromatic N) is 1. The van der Waals surface area contributed by atoms with Gasteiger partial charge in [0.2, 0.25) is 5.75 Å². The average molecular weight is 399 g/mol. The molecule has 2 aromatic rings. The van der Waals surface area contributed by atoms with Crippen molar-refractivity contribution in [3.63, 3.8) is 0 Å². The molecule has 0 amide bonds. The van der Waals surface area contributed by atoms with E-state index in [-0.39, 0.29) is 5.60 Å². The van der Waals surface area contributed by atoms with Crippen molar-refractivity contribution in [2.75, 3.05) is 41.1 Å². The van der Waals surface area contributed by atoms with Crippen LogP contribution in [0.2, 0.25) is 0 Å². The molecule has 0 saturated carbocycles. The van der Waals surface area contributed by atoms with Crippen molar-refractivity contribution in [1.29, 1.82) is 0 Å². The Bertz CT molecular complexity index is 822. The van der Waals surface area contributed by atoms with Crippen LogP contribution in [0.4, 0.5) is 0 Å².